The monoisotopic (exact) mass is 325 g/mol. The van der Waals surface area contributed by atoms with Crippen molar-refractivity contribution in [2.45, 2.75) is 0 Å². The second-order valence-electron chi connectivity index (χ2n) is 4.91. The normalized spacial score (nSPS) is 12.7. The number of hydrogen-bond acceptors (Lipinski definition) is 5. The molecular weight excluding hydrogens is 313 g/mol. The average molecular weight is 325 g/mol. The van der Waals surface area contributed by atoms with Crippen molar-refractivity contribution in [2.75, 3.05) is 13.2 Å². The van der Waals surface area contributed by atoms with Gasteiger partial charge in [-0.15, -0.1) is 0 Å². The largest absolute Gasteiger partial charge is 0.486 e. The van der Waals surface area contributed by atoms with Crippen LogP contribution in [-0.2, 0) is 0 Å². The highest BCUT2D eigenvalue weighted by Gasteiger charge is 2.12. The lowest BCUT2D eigenvalue weighted by molar-refractivity contribution is 0.0951. The summed E-state index contributed by atoms with van der Waals surface area (Å²) in [7, 11) is 0. The molecule has 120 valence electrons. The van der Waals surface area contributed by atoms with Gasteiger partial charge in [0.2, 0.25) is 0 Å². The van der Waals surface area contributed by atoms with Gasteiger partial charge in [0.15, 0.2) is 11.5 Å². The second-order valence-corrected chi connectivity index (χ2v) is 4.91. The molecule has 2 aromatic rings. The van der Waals surface area contributed by atoms with Crippen LogP contribution in [0.3, 0.4) is 0 Å². The maximum absolute atomic E-state index is 13.7. The van der Waals surface area contributed by atoms with Crippen LogP contribution >= 0.6 is 0 Å². The minimum atomic E-state index is -0.777. The summed E-state index contributed by atoms with van der Waals surface area (Å²) in [6, 6.07) is 10.6. The van der Waals surface area contributed by atoms with E-state index in [1.165, 1.54) is 18.3 Å². The van der Waals surface area contributed by atoms with Gasteiger partial charge in [0.1, 0.15) is 19.0 Å². The third-order valence-electron chi connectivity index (χ3n) is 3.29. The van der Waals surface area contributed by atoms with Gasteiger partial charge in [-0.2, -0.15) is 10.4 Å². The number of ether oxygens (including phenoxy) is 2. The van der Waals surface area contributed by atoms with Crippen LogP contribution in [0.4, 0.5) is 4.39 Å². The van der Waals surface area contributed by atoms with Gasteiger partial charge in [0, 0.05) is 0 Å². The number of hydrogen-bond donors (Lipinski definition) is 1. The number of hydrazone groups is 1. The number of nitriles is 1. The van der Waals surface area contributed by atoms with E-state index in [9.17, 15) is 9.18 Å². The molecule has 0 bridgehead atoms. The number of rotatable bonds is 3. The molecule has 0 atom stereocenters. The van der Waals surface area contributed by atoms with Gasteiger partial charge in [-0.25, -0.2) is 9.82 Å². The van der Waals surface area contributed by atoms with Crippen molar-refractivity contribution in [2.24, 2.45) is 5.10 Å². The lowest BCUT2D eigenvalue weighted by Gasteiger charge is -2.18. The molecule has 0 aliphatic carbocycles. The molecule has 0 radical (unpaired) electrons. The minimum absolute atomic E-state index is 0.142. The predicted molar refractivity (Wildman–Crippen MR) is 83.6 cm³/mol. The van der Waals surface area contributed by atoms with E-state index < -0.39 is 11.7 Å². The topological polar surface area (TPSA) is 83.7 Å². The van der Waals surface area contributed by atoms with Crippen molar-refractivity contribution >= 4 is 12.1 Å². The summed E-state index contributed by atoms with van der Waals surface area (Å²) in [5.41, 5.74) is 2.89. The first-order chi connectivity index (χ1) is 11.7. The number of nitrogens with zero attached hydrogens (tertiary/aromatic N) is 2. The number of amides is 1. The van der Waals surface area contributed by atoms with Gasteiger partial charge in [-0.05, 0) is 42.0 Å². The van der Waals surface area contributed by atoms with Crippen molar-refractivity contribution in [3.8, 4) is 17.6 Å². The zero-order chi connectivity index (χ0) is 16.9. The number of fused-ring (bicyclic) bond motifs is 1. The van der Waals surface area contributed by atoms with Crippen LogP contribution in [0.15, 0.2) is 41.5 Å². The van der Waals surface area contributed by atoms with Crippen molar-refractivity contribution in [3.63, 3.8) is 0 Å². The molecule has 0 spiro atoms. The number of carbonyl (C=O) groups excluding carboxylic acids is 1. The van der Waals surface area contributed by atoms with E-state index in [4.69, 9.17) is 14.7 Å². The molecule has 1 aliphatic rings. The molecule has 0 saturated carbocycles. The van der Waals surface area contributed by atoms with Crippen LogP contribution in [0.1, 0.15) is 21.5 Å². The summed E-state index contributed by atoms with van der Waals surface area (Å²) >= 11 is 0. The van der Waals surface area contributed by atoms with Gasteiger partial charge < -0.3 is 9.47 Å². The number of benzene rings is 2. The fourth-order valence-corrected chi connectivity index (χ4v) is 2.13. The van der Waals surface area contributed by atoms with Crippen molar-refractivity contribution in [1.29, 1.82) is 5.26 Å². The van der Waals surface area contributed by atoms with Gasteiger partial charge >= 0.3 is 0 Å². The van der Waals surface area contributed by atoms with Crippen LogP contribution in [0.2, 0.25) is 0 Å². The van der Waals surface area contributed by atoms with Crippen LogP contribution < -0.4 is 14.9 Å². The number of halogens is 1. The Labute approximate surface area is 137 Å². The molecule has 1 N–H and O–H groups in total. The van der Waals surface area contributed by atoms with Crippen LogP contribution in [0, 0.1) is 17.1 Å². The Morgan fingerprint density at radius 3 is 2.75 bits per heavy atom. The molecule has 1 heterocycles. The predicted octanol–water partition coefficient (Wildman–Crippen LogP) is 2.23. The molecule has 0 aromatic heterocycles. The summed E-state index contributed by atoms with van der Waals surface area (Å²) < 4.78 is 24.6. The van der Waals surface area contributed by atoms with E-state index in [2.05, 4.69) is 10.5 Å². The van der Waals surface area contributed by atoms with Gasteiger partial charge in [0.05, 0.1) is 23.4 Å². The molecular formula is C17H12FN3O3. The van der Waals surface area contributed by atoms with Crippen molar-refractivity contribution in [3.05, 3.63) is 58.9 Å². The molecule has 7 heteroatoms. The summed E-state index contributed by atoms with van der Waals surface area (Å²) in [4.78, 5) is 11.9. The highest BCUT2D eigenvalue weighted by atomic mass is 19.1. The Balaban J connectivity index is 1.68. The fourth-order valence-electron chi connectivity index (χ4n) is 2.13. The Morgan fingerprint density at radius 2 is 2.00 bits per heavy atom. The molecule has 0 saturated heterocycles. The number of carbonyl (C=O) groups is 1. The summed E-state index contributed by atoms with van der Waals surface area (Å²) in [5, 5.41) is 12.5. The van der Waals surface area contributed by atoms with E-state index >= 15 is 0 Å². The quantitative estimate of drug-likeness (QED) is 0.693. The Bertz CT molecular complexity index is 859. The highest BCUT2D eigenvalue weighted by molar-refractivity contribution is 5.95. The second kappa shape index (κ2) is 6.79. The Hall–Kier alpha value is -3.40. The van der Waals surface area contributed by atoms with Gasteiger partial charge in [-0.1, -0.05) is 0 Å². The first-order valence-corrected chi connectivity index (χ1v) is 7.10. The highest BCUT2D eigenvalue weighted by Crippen LogP contribution is 2.30. The first-order valence-electron chi connectivity index (χ1n) is 7.10. The zero-order valence-electron chi connectivity index (χ0n) is 12.5. The molecule has 24 heavy (non-hydrogen) atoms. The minimum Gasteiger partial charge on any atom is -0.486 e. The maximum Gasteiger partial charge on any atom is 0.274 e. The molecule has 1 aliphatic heterocycles. The molecule has 1 amide bonds. The Kier molecular flexibility index (Phi) is 4.38. The third-order valence-corrected chi connectivity index (χ3v) is 3.29. The Morgan fingerprint density at radius 1 is 1.21 bits per heavy atom. The zero-order valence-corrected chi connectivity index (χ0v) is 12.5. The summed E-state index contributed by atoms with van der Waals surface area (Å²) in [6.45, 7) is 0.981. The lowest BCUT2D eigenvalue weighted by atomic mass is 10.1. The van der Waals surface area contributed by atoms with Gasteiger partial charge in [0.25, 0.3) is 5.91 Å². The fraction of sp³-hybridized carbons (Fsp3) is 0.118. The average Bonchev–Trinajstić information content (AvgIpc) is 2.61. The van der Waals surface area contributed by atoms with Crippen molar-refractivity contribution < 1.29 is 18.7 Å². The smallest absolute Gasteiger partial charge is 0.274 e. The van der Waals surface area contributed by atoms with E-state index in [1.54, 1.807) is 24.3 Å². The molecule has 3 rings (SSSR count). The molecule has 0 unspecified atom stereocenters. The van der Waals surface area contributed by atoms with Gasteiger partial charge in [-0.3, -0.25) is 4.79 Å². The number of nitrogens with one attached hydrogen (secondary N) is 1. The van der Waals surface area contributed by atoms with E-state index in [0.717, 1.165) is 6.07 Å². The van der Waals surface area contributed by atoms with Crippen LogP contribution in [-0.4, -0.2) is 25.3 Å². The van der Waals surface area contributed by atoms with E-state index in [0.29, 0.717) is 30.3 Å². The molecule has 0 fully saturated rings. The van der Waals surface area contributed by atoms with Crippen LogP contribution in [0.5, 0.6) is 11.5 Å². The standard InChI is InChI=1S/C17H12FN3O3/c18-14-7-11(9-19)1-3-13(14)17(22)21-20-10-12-2-4-15-16(8-12)24-6-5-23-15/h1-4,7-8,10H,5-6H2,(H,21,22)/b20-10-. The van der Waals surface area contributed by atoms with Crippen molar-refractivity contribution in [1.82, 2.24) is 5.43 Å². The molecule has 2 aromatic carbocycles. The molecule has 6 nitrogen and oxygen atoms in total. The van der Waals surface area contributed by atoms with Crippen LogP contribution in [0.25, 0.3) is 0 Å². The van der Waals surface area contributed by atoms with E-state index in [1.807, 2.05) is 0 Å². The SMILES string of the molecule is N#Cc1ccc(C(=O)N/N=C\c2ccc3c(c2)OCCO3)c(F)c1. The lowest BCUT2D eigenvalue weighted by Crippen LogP contribution is -2.19. The summed E-state index contributed by atoms with van der Waals surface area (Å²) in [5.74, 6) is -0.219. The van der Waals surface area contributed by atoms with E-state index in [-0.39, 0.29) is 11.1 Å². The summed E-state index contributed by atoms with van der Waals surface area (Å²) in [6.07, 6.45) is 1.41. The first kappa shape index (κ1) is 15.5. The maximum atomic E-state index is 13.7. The third kappa shape index (κ3) is 3.33.